The molecule has 0 bridgehead atoms. The van der Waals surface area contributed by atoms with E-state index in [1.165, 1.54) is 12.1 Å². The molecule has 5 heteroatoms. The molecule has 15 heavy (non-hydrogen) atoms. The zero-order chi connectivity index (χ0) is 11.5. The average molecular weight is 217 g/mol. The van der Waals surface area contributed by atoms with Crippen molar-refractivity contribution in [3.05, 3.63) is 24.3 Å². The van der Waals surface area contributed by atoms with E-state index in [1.54, 1.807) is 13.0 Å². The van der Waals surface area contributed by atoms with E-state index in [4.69, 9.17) is 4.74 Å². The number of hydrogen-bond donors (Lipinski definition) is 0. The van der Waals surface area contributed by atoms with Crippen LogP contribution >= 0.6 is 0 Å². The summed E-state index contributed by atoms with van der Waals surface area (Å²) in [5.41, 5.74) is -0.655. The second kappa shape index (κ2) is 4.60. The zero-order valence-corrected chi connectivity index (χ0v) is 8.71. The second-order valence-corrected chi connectivity index (χ2v) is 3.45. The molecule has 0 fully saturated rings. The van der Waals surface area contributed by atoms with E-state index in [0.717, 1.165) is 6.07 Å². The monoisotopic (exact) mass is 217 g/mol. The van der Waals surface area contributed by atoms with Crippen molar-refractivity contribution in [1.82, 2.24) is 0 Å². The van der Waals surface area contributed by atoms with Crippen molar-refractivity contribution in [2.45, 2.75) is 26.4 Å². The first-order valence-electron chi connectivity index (χ1n) is 4.90. The van der Waals surface area contributed by atoms with Gasteiger partial charge >= 0.3 is 6.98 Å². The Morgan fingerprint density at radius 3 is 2.40 bits per heavy atom. The van der Waals surface area contributed by atoms with Crippen molar-refractivity contribution in [1.29, 1.82) is 0 Å². The van der Waals surface area contributed by atoms with Crippen LogP contribution in [0.3, 0.4) is 0 Å². The predicted molar refractivity (Wildman–Crippen MR) is 55.5 cm³/mol. The summed E-state index contributed by atoms with van der Waals surface area (Å²) in [5.74, 6) is -0.0700. The first kappa shape index (κ1) is 11.9. The molecule has 0 aliphatic heterocycles. The van der Waals surface area contributed by atoms with Gasteiger partial charge in [0, 0.05) is 0 Å². The van der Waals surface area contributed by atoms with E-state index in [0.29, 0.717) is 6.42 Å². The normalized spacial score (nSPS) is 13.7. The molecule has 0 N–H and O–H groups in total. The van der Waals surface area contributed by atoms with Crippen LogP contribution in [0.25, 0.3) is 0 Å². The Bertz CT molecular complexity index is 325. The summed E-state index contributed by atoms with van der Waals surface area (Å²) in [7, 11) is 0. The van der Waals surface area contributed by atoms with Gasteiger partial charge in [0.15, 0.2) is 0 Å². The van der Waals surface area contributed by atoms with Crippen LogP contribution in [0, 0.1) is 0 Å². The highest BCUT2D eigenvalue weighted by Gasteiger charge is 2.29. The highest BCUT2D eigenvalue weighted by atomic mass is 19.4. The van der Waals surface area contributed by atoms with E-state index in [1.807, 2.05) is 6.92 Å². The molecule has 1 aromatic rings. The van der Waals surface area contributed by atoms with Gasteiger partial charge in [-0.05, 0) is 19.4 Å². The number of rotatable bonds is 4. The number of benzene rings is 1. The fraction of sp³-hybridized carbons (Fsp3) is 0.400. The quantitative estimate of drug-likeness (QED) is 0.704. The minimum Gasteiger partial charge on any atom is -0.494 e. The minimum atomic E-state index is -5.00. The molecule has 1 rings (SSSR count). The zero-order valence-electron chi connectivity index (χ0n) is 8.71. The van der Waals surface area contributed by atoms with Crippen LogP contribution in [0.15, 0.2) is 24.3 Å². The van der Waals surface area contributed by atoms with Gasteiger partial charge in [0.05, 0.1) is 11.9 Å². The van der Waals surface area contributed by atoms with Crippen LogP contribution < -0.4 is 10.2 Å². The first-order valence-corrected chi connectivity index (χ1v) is 4.90. The van der Waals surface area contributed by atoms with E-state index < -0.39 is 12.4 Å². The maximum absolute atomic E-state index is 12.6. The molecule has 1 aromatic carbocycles. The number of hydrogen-bond acceptors (Lipinski definition) is 1. The summed E-state index contributed by atoms with van der Waals surface area (Å²) in [6, 6.07) is 5.32. The third-order valence-corrected chi connectivity index (χ3v) is 2.17. The maximum atomic E-state index is 12.6. The predicted octanol–water partition coefficient (Wildman–Crippen LogP) is 2.92. The van der Waals surface area contributed by atoms with E-state index >= 15 is 0 Å². The highest BCUT2D eigenvalue weighted by Crippen LogP contribution is 2.18. The van der Waals surface area contributed by atoms with Crippen molar-refractivity contribution in [3.8, 4) is 5.75 Å². The van der Waals surface area contributed by atoms with E-state index in [2.05, 4.69) is 0 Å². The Hall–Kier alpha value is -1.13. The lowest BCUT2D eigenvalue weighted by Gasteiger charge is -2.22. The largest absolute Gasteiger partial charge is 0.513 e. The molecule has 0 amide bonds. The Balaban J connectivity index is 2.97. The third kappa shape index (κ3) is 3.18. The lowest BCUT2D eigenvalue weighted by atomic mass is 9.79. The van der Waals surface area contributed by atoms with Crippen LogP contribution in [0.2, 0.25) is 0 Å². The lowest BCUT2D eigenvalue weighted by molar-refractivity contribution is 0.218. The van der Waals surface area contributed by atoms with Gasteiger partial charge < -0.3 is 17.7 Å². The average Bonchev–Trinajstić information content (AvgIpc) is 2.17. The number of para-hydroxylation sites is 1. The number of halogens is 3. The van der Waals surface area contributed by atoms with Crippen molar-refractivity contribution in [2.24, 2.45) is 0 Å². The molecule has 0 saturated heterocycles. The summed E-state index contributed by atoms with van der Waals surface area (Å²) >= 11 is 0. The van der Waals surface area contributed by atoms with Gasteiger partial charge in [-0.2, -0.15) is 0 Å². The fourth-order valence-electron chi connectivity index (χ4n) is 1.16. The van der Waals surface area contributed by atoms with Crippen LogP contribution in [0.5, 0.6) is 5.75 Å². The summed E-state index contributed by atoms with van der Waals surface area (Å²) in [6.45, 7) is -1.38. The van der Waals surface area contributed by atoms with Crippen molar-refractivity contribution in [3.63, 3.8) is 0 Å². The Morgan fingerprint density at radius 1 is 1.27 bits per heavy atom. The van der Waals surface area contributed by atoms with Crippen molar-refractivity contribution >= 4 is 12.4 Å². The lowest BCUT2D eigenvalue weighted by Crippen LogP contribution is -2.36. The van der Waals surface area contributed by atoms with Gasteiger partial charge in [0.2, 0.25) is 0 Å². The van der Waals surface area contributed by atoms with Gasteiger partial charge in [0.25, 0.3) is 0 Å². The molecule has 1 atom stereocenters. The van der Waals surface area contributed by atoms with Crippen LogP contribution in [-0.4, -0.2) is 13.1 Å². The van der Waals surface area contributed by atoms with Crippen molar-refractivity contribution in [2.75, 3.05) is 0 Å². The molecule has 0 aromatic heterocycles. The van der Waals surface area contributed by atoms with Gasteiger partial charge in [-0.3, -0.25) is 0 Å². The maximum Gasteiger partial charge on any atom is 0.513 e. The summed E-state index contributed by atoms with van der Waals surface area (Å²) in [4.78, 5) is 0. The van der Waals surface area contributed by atoms with Crippen molar-refractivity contribution < 1.29 is 17.7 Å². The fourth-order valence-corrected chi connectivity index (χ4v) is 1.16. The Kier molecular flexibility index (Phi) is 3.66. The Morgan fingerprint density at radius 2 is 1.87 bits per heavy atom. The third-order valence-electron chi connectivity index (χ3n) is 2.17. The standard InChI is InChI=1S/C10H13BF3O/c1-3-8(2)15-10-7-5-4-6-9(10)11(12,13)14/h4-8H,3H2,1-2H3/q-1. The smallest absolute Gasteiger partial charge is 0.494 e. The molecule has 84 valence electrons. The van der Waals surface area contributed by atoms with Crippen LogP contribution in [-0.2, 0) is 0 Å². The van der Waals surface area contributed by atoms with E-state index in [9.17, 15) is 12.9 Å². The summed E-state index contributed by atoms with van der Waals surface area (Å²) in [5, 5.41) is 0. The second-order valence-electron chi connectivity index (χ2n) is 3.45. The Labute approximate surface area is 87.3 Å². The van der Waals surface area contributed by atoms with Gasteiger partial charge in [-0.1, -0.05) is 30.6 Å². The van der Waals surface area contributed by atoms with Crippen LogP contribution in [0.1, 0.15) is 20.3 Å². The number of ether oxygens (including phenoxy) is 1. The molecular formula is C10H13BF3O-. The molecule has 0 aliphatic carbocycles. The molecule has 0 saturated carbocycles. The molecule has 1 nitrogen and oxygen atoms in total. The van der Waals surface area contributed by atoms with Gasteiger partial charge in [-0.15, -0.1) is 0 Å². The molecular weight excluding hydrogens is 204 g/mol. The summed E-state index contributed by atoms with van der Waals surface area (Å²) < 4.78 is 43.0. The van der Waals surface area contributed by atoms with E-state index in [-0.39, 0.29) is 11.9 Å². The van der Waals surface area contributed by atoms with Gasteiger partial charge in [-0.25, -0.2) is 0 Å². The van der Waals surface area contributed by atoms with Crippen LogP contribution in [0.4, 0.5) is 12.9 Å². The molecule has 0 aliphatic rings. The molecule has 1 unspecified atom stereocenters. The topological polar surface area (TPSA) is 9.23 Å². The first-order chi connectivity index (χ1) is 6.95. The SMILES string of the molecule is CCC(C)Oc1ccccc1[B-](F)(F)F. The summed E-state index contributed by atoms with van der Waals surface area (Å²) in [6.07, 6.45) is 0.475. The highest BCUT2D eigenvalue weighted by molar-refractivity contribution is 6.74. The molecule has 0 spiro atoms. The van der Waals surface area contributed by atoms with Gasteiger partial charge in [0.1, 0.15) is 0 Å². The minimum absolute atomic E-state index is 0.0700. The molecule has 0 heterocycles. The molecule has 0 radical (unpaired) electrons.